The second-order valence-electron chi connectivity index (χ2n) is 2.87. The zero-order valence-electron chi connectivity index (χ0n) is 7.33. The average Bonchev–Trinajstić information content (AvgIpc) is 2.51. The highest BCUT2D eigenvalue weighted by Gasteiger charge is 2.06. The second-order valence-corrected chi connectivity index (χ2v) is 4.43. The average molecular weight is 183 g/mol. The minimum absolute atomic E-state index is 0.179. The number of hydrogen-bond acceptors (Lipinski definition) is 2. The van der Waals surface area contributed by atoms with Crippen molar-refractivity contribution in [1.82, 2.24) is 4.98 Å². The maximum atomic E-state index is 11.4. The lowest BCUT2D eigenvalue weighted by Crippen LogP contribution is -2.04. The maximum Gasteiger partial charge on any atom is 0.188 e. The molecule has 1 N–H and O–H groups in total. The molecule has 0 aliphatic rings. The van der Waals surface area contributed by atoms with E-state index in [4.69, 9.17) is 0 Å². The first-order valence-electron chi connectivity index (χ1n) is 3.98. The van der Waals surface area contributed by atoms with E-state index in [2.05, 4.69) is 18.8 Å². The summed E-state index contributed by atoms with van der Waals surface area (Å²) in [6, 6.07) is 3.65. The van der Waals surface area contributed by atoms with Gasteiger partial charge in [0.25, 0.3) is 0 Å². The summed E-state index contributed by atoms with van der Waals surface area (Å²) in [5, 5.41) is 0.518. The summed E-state index contributed by atoms with van der Waals surface area (Å²) in [7, 11) is 0. The van der Waals surface area contributed by atoms with Gasteiger partial charge in [-0.15, -0.1) is 0 Å². The van der Waals surface area contributed by atoms with Gasteiger partial charge in [-0.3, -0.25) is 4.79 Å². The van der Waals surface area contributed by atoms with Crippen LogP contribution in [0.2, 0.25) is 0 Å². The highest BCUT2D eigenvalue weighted by Crippen LogP contribution is 2.11. The standard InChI is InChI=1S/C9H13NOS/c1-7(2)12-6-9(11)8-4-3-5-10-8/h3-5,7,10H,6H2,1-2H3. The van der Waals surface area contributed by atoms with Crippen LogP contribution >= 0.6 is 11.8 Å². The Kier molecular flexibility index (Phi) is 3.41. The third-order valence-electron chi connectivity index (χ3n) is 1.45. The lowest BCUT2D eigenvalue weighted by atomic mass is 10.3. The van der Waals surface area contributed by atoms with E-state index in [0.717, 1.165) is 0 Å². The third-order valence-corrected chi connectivity index (χ3v) is 2.54. The van der Waals surface area contributed by atoms with Crippen molar-refractivity contribution in [2.45, 2.75) is 19.1 Å². The predicted octanol–water partition coefficient (Wildman–Crippen LogP) is 2.34. The molecule has 0 saturated carbocycles. The molecule has 0 unspecified atom stereocenters. The molecule has 0 saturated heterocycles. The Morgan fingerprint density at radius 1 is 1.67 bits per heavy atom. The maximum absolute atomic E-state index is 11.4. The normalized spacial score (nSPS) is 10.6. The number of aromatic amines is 1. The molecule has 2 nitrogen and oxygen atoms in total. The summed E-state index contributed by atoms with van der Waals surface area (Å²) in [6.07, 6.45) is 1.77. The van der Waals surface area contributed by atoms with Crippen LogP contribution in [0.3, 0.4) is 0 Å². The van der Waals surface area contributed by atoms with Crippen LogP contribution in [0, 0.1) is 0 Å². The van der Waals surface area contributed by atoms with Gasteiger partial charge < -0.3 is 4.98 Å². The fourth-order valence-electron chi connectivity index (χ4n) is 0.824. The first kappa shape index (κ1) is 9.39. The number of carbonyl (C=O) groups excluding carboxylic acids is 1. The number of hydrogen-bond donors (Lipinski definition) is 1. The van der Waals surface area contributed by atoms with E-state index in [9.17, 15) is 4.79 Å². The molecule has 0 spiro atoms. The molecule has 0 aliphatic carbocycles. The van der Waals surface area contributed by atoms with Gasteiger partial charge in [0.1, 0.15) is 0 Å². The van der Waals surface area contributed by atoms with Crippen molar-refractivity contribution >= 4 is 17.5 Å². The zero-order valence-corrected chi connectivity index (χ0v) is 8.15. The molecule has 0 fully saturated rings. The van der Waals surface area contributed by atoms with Gasteiger partial charge in [0, 0.05) is 6.20 Å². The Morgan fingerprint density at radius 3 is 2.92 bits per heavy atom. The van der Waals surface area contributed by atoms with Gasteiger partial charge in [0.05, 0.1) is 11.4 Å². The summed E-state index contributed by atoms with van der Waals surface area (Å²) >= 11 is 1.67. The van der Waals surface area contributed by atoms with Gasteiger partial charge in [0.15, 0.2) is 5.78 Å². The van der Waals surface area contributed by atoms with Crippen molar-refractivity contribution < 1.29 is 4.79 Å². The Hall–Kier alpha value is -0.700. The molecule has 1 aromatic heterocycles. The molecule has 0 atom stereocenters. The molecule has 3 heteroatoms. The number of H-pyrrole nitrogens is 1. The SMILES string of the molecule is CC(C)SCC(=O)c1ccc[nH]1. The number of ketones is 1. The van der Waals surface area contributed by atoms with E-state index in [1.54, 1.807) is 18.0 Å². The molecule has 66 valence electrons. The molecule has 1 heterocycles. The number of rotatable bonds is 4. The third kappa shape index (κ3) is 2.74. The van der Waals surface area contributed by atoms with Gasteiger partial charge in [-0.05, 0) is 17.4 Å². The summed E-state index contributed by atoms with van der Waals surface area (Å²) in [5.74, 6) is 0.747. The minimum atomic E-state index is 0.179. The van der Waals surface area contributed by atoms with E-state index >= 15 is 0 Å². The first-order valence-corrected chi connectivity index (χ1v) is 5.03. The second kappa shape index (κ2) is 4.36. The van der Waals surface area contributed by atoms with E-state index in [1.165, 1.54) is 0 Å². The van der Waals surface area contributed by atoms with Gasteiger partial charge in [0.2, 0.25) is 0 Å². The summed E-state index contributed by atoms with van der Waals surface area (Å²) in [4.78, 5) is 14.3. The molecule has 1 rings (SSSR count). The summed E-state index contributed by atoms with van der Waals surface area (Å²) < 4.78 is 0. The fourth-order valence-corrected chi connectivity index (χ4v) is 1.46. The monoisotopic (exact) mass is 183 g/mol. The van der Waals surface area contributed by atoms with Crippen LogP contribution in [0.4, 0.5) is 0 Å². The highest BCUT2D eigenvalue weighted by atomic mass is 32.2. The van der Waals surface area contributed by atoms with Crippen LogP contribution in [0.25, 0.3) is 0 Å². The topological polar surface area (TPSA) is 32.9 Å². The van der Waals surface area contributed by atoms with Crippen molar-refractivity contribution in [1.29, 1.82) is 0 Å². The van der Waals surface area contributed by atoms with E-state index in [-0.39, 0.29) is 5.78 Å². The number of thioether (sulfide) groups is 1. The molecule has 1 aromatic rings. The Labute approximate surface area is 76.7 Å². The summed E-state index contributed by atoms with van der Waals surface area (Å²) in [6.45, 7) is 4.18. The Balaban J connectivity index is 2.40. The van der Waals surface area contributed by atoms with E-state index in [0.29, 0.717) is 16.7 Å². The Morgan fingerprint density at radius 2 is 2.42 bits per heavy atom. The fraction of sp³-hybridized carbons (Fsp3) is 0.444. The smallest absolute Gasteiger partial charge is 0.188 e. The molecule has 0 aromatic carbocycles. The lowest BCUT2D eigenvalue weighted by molar-refractivity contribution is 0.101. The van der Waals surface area contributed by atoms with Crippen LogP contribution in [-0.4, -0.2) is 21.8 Å². The van der Waals surface area contributed by atoms with Crippen LogP contribution in [0.15, 0.2) is 18.3 Å². The number of Topliss-reactive ketones (excluding diaryl/α,β-unsaturated/α-hetero) is 1. The van der Waals surface area contributed by atoms with Crippen molar-refractivity contribution in [3.8, 4) is 0 Å². The van der Waals surface area contributed by atoms with Crippen LogP contribution in [0.5, 0.6) is 0 Å². The Bertz CT molecular complexity index is 241. The lowest BCUT2D eigenvalue weighted by Gasteiger charge is -2.01. The molecular weight excluding hydrogens is 170 g/mol. The molecule has 0 radical (unpaired) electrons. The molecule has 12 heavy (non-hydrogen) atoms. The number of aromatic nitrogens is 1. The van der Waals surface area contributed by atoms with Gasteiger partial charge in [-0.2, -0.15) is 11.8 Å². The molecule has 0 amide bonds. The zero-order chi connectivity index (χ0) is 8.97. The highest BCUT2D eigenvalue weighted by molar-refractivity contribution is 8.00. The van der Waals surface area contributed by atoms with E-state index < -0.39 is 0 Å². The van der Waals surface area contributed by atoms with E-state index in [1.807, 2.05) is 12.1 Å². The van der Waals surface area contributed by atoms with Crippen molar-refractivity contribution in [2.24, 2.45) is 0 Å². The van der Waals surface area contributed by atoms with Crippen LogP contribution in [0.1, 0.15) is 24.3 Å². The van der Waals surface area contributed by atoms with Crippen molar-refractivity contribution in [2.75, 3.05) is 5.75 Å². The first-order chi connectivity index (χ1) is 5.70. The quantitative estimate of drug-likeness (QED) is 0.727. The largest absolute Gasteiger partial charge is 0.359 e. The van der Waals surface area contributed by atoms with Gasteiger partial charge in [-0.25, -0.2) is 0 Å². The molecule has 0 bridgehead atoms. The predicted molar refractivity (Wildman–Crippen MR) is 52.7 cm³/mol. The molecular formula is C9H13NOS. The number of carbonyl (C=O) groups is 1. The van der Waals surface area contributed by atoms with Crippen molar-refractivity contribution in [3.63, 3.8) is 0 Å². The van der Waals surface area contributed by atoms with Crippen LogP contribution in [-0.2, 0) is 0 Å². The minimum Gasteiger partial charge on any atom is -0.359 e. The number of nitrogens with one attached hydrogen (secondary N) is 1. The van der Waals surface area contributed by atoms with Crippen LogP contribution < -0.4 is 0 Å². The van der Waals surface area contributed by atoms with Crippen molar-refractivity contribution in [3.05, 3.63) is 24.0 Å². The van der Waals surface area contributed by atoms with Gasteiger partial charge in [-0.1, -0.05) is 13.8 Å². The molecule has 0 aliphatic heterocycles. The van der Waals surface area contributed by atoms with Gasteiger partial charge >= 0.3 is 0 Å². The summed E-state index contributed by atoms with van der Waals surface area (Å²) in [5.41, 5.74) is 0.711.